The molecule has 4 nitrogen and oxygen atoms in total. The van der Waals surface area contributed by atoms with Gasteiger partial charge in [0.15, 0.2) is 9.84 Å². The van der Waals surface area contributed by atoms with Crippen molar-refractivity contribution >= 4 is 16.1 Å². The van der Waals surface area contributed by atoms with Crippen molar-refractivity contribution in [2.75, 3.05) is 6.26 Å². The van der Waals surface area contributed by atoms with Gasteiger partial charge in [-0.15, -0.1) is 0 Å². The van der Waals surface area contributed by atoms with E-state index in [1.165, 1.54) is 0 Å². The number of pyridine rings is 1. The van der Waals surface area contributed by atoms with Crippen LogP contribution in [0.2, 0.25) is 0 Å². The number of hydrogen-bond acceptors (Lipinski definition) is 4. The summed E-state index contributed by atoms with van der Waals surface area (Å²) < 4.78 is 22.2. The van der Waals surface area contributed by atoms with Crippen LogP contribution in [0.15, 0.2) is 24.4 Å². The highest BCUT2D eigenvalue weighted by molar-refractivity contribution is 7.92. The van der Waals surface area contributed by atoms with Crippen molar-refractivity contribution in [3.05, 3.63) is 30.1 Å². The Bertz CT molecular complexity index is 399. The molecule has 1 unspecified atom stereocenters. The largest absolute Gasteiger partial charge is 0.302 e. The summed E-state index contributed by atoms with van der Waals surface area (Å²) in [5, 5.41) is -0.989. The standard InChI is InChI=1S/C9H11NO3S/c1-14(12,13)9(7-11)6-8-4-2-3-5-10-8/h2-5,7,9H,6H2,1H3. The van der Waals surface area contributed by atoms with E-state index in [0.29, 0.717) is 12.0 Å². The first-order valence-electron chi connectivity index (χ1n) is 4.08. The Labute approximate surface area is 82.9 Å². The molecule has 14 heavy (non-hydrogen) atoms. The molecule has 76 valence electrons. The van der Waals surface area contributed by atoms with Crippen LogP contribution in [0.5, 0.6) is 0 Å². The van der Waals surface area contributed by atoms with Gasteiger partial charge in [0, 0.05) is 24.6 Å². The predicted octanol–water partition coefficient (Wildman–Crippen LogP) is 0.236. The van der Waals surface area contributed by atoms with Crippen molar-refractivity contribution in [3.8, 4) is 0 Å². The van der Waals surface area contributed by atoms with Gasteiger partial charge in [-0.1, -0.05) is 6.07 Å². The lowest BCUT2D eigenvalue weighted by Crippen LogP contribution is -2.24. The van der Waals surface area contributed by atoms with Crippen molar-refractivity contribution in [1.29, 1.82) is 0 Å². The molecule has 1 aromatic rings. The lowest BCUT2D eigenvalue weighted by atomic mass is 10.2. The molecular weight excluding hydrogens is 202 g/mol. The Balaban J connectivity index is 2.82. The van der Waals surface area contributed by atoms with Gasteiger partial charge < -0.3 is 4.79 Å². The molecule has 0 aliphatic rings. The molecule has 0 fully saturated rings. The van der Waals surface area contributed by atoms with E-state index in [9.17, 15) is 13.2 Å². The summed E-state index contributed by atoms with van der Waals surface area (Å²) in [7, 11) is -3.32. The highest BCUT2D eigenvalue weighted by Crippen LogP contribution is 2.04. The summed E-state index contributed by atoms with van der Waals surface area (Å²) in [5.41, 5.74) is 0.607. The van der Waals surface area contributed by atoms with E-state index in [1.807, 2.05) is 0 Å². The Kier molecular flexibility index (Phi) is 3.35. The van der Waals surface area contributed by atoms with Gasteiger partial charge in [0.25, 0.3) is 0 Å². The van der Waals surface area contributed by atoms with Crippen LogP contribution in [0, 0.1) is 0 Å². The monoisotopic (exact) mass is 213 g/mol. The Hall–Kier alpha value is -1.23. The first kappa shape index (κ1) is 10.8. The molecule has 0 saturated heterocycles. The molecule has 1 atom stereocenters. The zero-order valence-electron chi connectivity index (χ0n) is 7.75. The van der Waals surface area contributed by atoms with E-state index in [2.05, 4.69) is 4.98 Å². The number of carbonyl (C=O) groups is 1. The summed E-state index contributed by atoms with van der Waals surface area (Å²) in [6, 6.07) is 5.19. The number of hydrogen-bond donors (Lipinski definition) is 0. The van der Waals surface area contributed by atoms with Crippen molar-refractivity contribution < 1.29 is 13.2 Å². The molecule has 0 N–H and O–H groups in total. The van der Waals surface area contributed by atoms with Crippen molar-refractivity contribution in [1.82, 2.24) is 4.98 Å². The van der Waals surface area contributed by atoms with E-state index < -0.39 is 15.1 Å². The minimum Gasteiger partial charge on any atom is -0.302 e. The zero-order valence-corrected chi connectivity index (χ0v) is 8.57. The molecule has 1 aromatic heterocycles. The Morgan fingerprint density at radius 1 is 1.50 bits per heavy atom. The molecule has 0 saturated carbocycles. The van der Waals surface area contributed by atoms with Crippen LogP contribution < -0.4 is 0 Å². The van der Waals surface area contributed by atoms with Gasteiger partial charge in [0.2, 0.25) is 0 Å². The fraction of sp³-hybridized carbons (Fsp3) is 0.333. The first-order chi connectivity index (χ1) is 6.54. The van der Waals surface area contributed by atoms with Crippen molar-refractivity contribution in [3.63, 3.8) is 0 Å². The van der Waals surface area contributed by atoms with Crippen molar-refractivity contribution in [2.45, 2.75) is 11.7 Å². The number of sulfone groups is 1. The van der Waals surface area contributed by atoms with Crippen LogP contribution in [-0.2, 0) is 21.1 Å². The van der Waals surface area contributed by atoms with Crippen LogP contribution in [0.1, 0.15) is 5.69 Å². The second-order valence-electron chi connectivity index (χ2n) is 3.03. The molecule has 0 amide bonds. The fourth-order valence-electron chi connectivity index (χ4n) is 1.03. The highest BCUT2D eigenvalue weighted by Gasteiger charge is 2.20. The molecule has 0 radical (unpaired) electrons. The van der Waals surface area contributed by atoms with Crippen molar-refractivity contribution in [2.24, 2.45) is 0 Å². The third kappa shape index (κ3) is 2.92. The van der Waals surface area contributed by atoms with E-state index >= 15 is 0 Å². The quantitative estimate of drug-likeness (QED) is 0.672. The maximum atomic E-state index is 11.1. The van der Waals surface area contributed by atoms with Crippen LogP contribution in [-0.4, -0.2) is 31.2 Å². The molecule has 0 aliphatic carbocycles. The highest BCUT2D eigenvalue weighted by atomic mass is 32.2. The van der Waals surface area contributed by atoms with Gasteiger partial charge in [0.05, 0.1) is 0 Å². The minimum atomic E-state index is -3.32. The molecule has 0 aliphatic heterocycles. The number of carbonyl (C=O) groups excluding carboxylic acids is 1. The second kappa shape index (κ2) is 4.32. The number of nitrogens with zero attached hydrogens (tertiary/aromatic N) is 1. The summed E-state index contributed by atoms with van der Waals surface area (Å²) >= 11 is 0. The van der Waals surface area contributed by atoms with Gasteiger partial charge in [-0.3, -0.25) is 4.98 Å². The summed E-state index contributed by atoms with van der Waals surface area (Å²) in [6.45, 7) is 0. The molecule has 0 bridgehead atoms. The fourth-order valence-corrected chi connectivity index (χ4v) is 1.70. The van der Waals surface area contributed by atoms with E-state index in [-0.39, 0.29) is 6.42 Å². The van der Waals surface area contributed by atoms with Gasteiger partial charge >= 0.3 is 0 Å². The molecule has 0 aromatic carbocycles. The zero-order chi connectivity index (χ0) is 10.6. The molecule has 1 heterocycles. The summed E-state index contributed by atoms with van der Waals surface area (Å²) in [5.74, 6) is 0. The third-order valence-electron chi connectivity index (χ3n) is 1.84. The average molecular weight is 213 g/mol. The molecule has 5 heteroatoms. The van der Waals surface area contributed by atoms with Gasteiger partial charge in [0.1, 0.15) is 11.5 Å². The molecule has 0 spiro atoms. The summed E-state index contributed by atoms with van der Waals surface area (Å²) in [6.07, 6.45) is 3.21. The summed E-state index contributed by atoms with van der Waals surface area (Å²) in [4.78, 5) is 14.5. The van der Waals surface area contributed by atoms with Gasteiger partial charge in [-0.25, -0.2) is 8.42 Å². The molecular formula is C9H11NO3S. The van der Waals surface area contributed by atoms with Crippen LogP contribution >= 0.6 is 0 Å². The minimum absolute atomic E-state index is 0.142. The first-order valence-corrected chi connectivity index (χ1v) is 6.03. The van der Waals surface area contributed by atoms with Crippen LogP contribution in [0.25, 0.3) is 0 Å². The second-order valence-corrected chi connectivity index (χ2v) is 5.29. The van der Waals surface area contributed by atoms with E-state index in [0.717, 1.165) is 6.26 Å². The van der Waals surface area contributed by atoms with E-state index in [1.54, 1.807) is 24.4 Å². The smallest absolute Gasteiger partial charge is 0.157 e. The topological polar surface area (TPSA) is 64.1 Å². The normalized spacial score (nSPS) is 13.5. The van der Waals surface area contributed by atoms with Gasteiger partial charge in [-0.05, 0) is 12.1 Å². The lowest BCUT2D eigenvalue weighted by Gasteiger charge is -2.06. The third-order valence-corrected chi connectivity index (χ3v) is 3.22. The van der Waals surface area contributed by atoms with Crippen LogP contribution in [0.4, 0.5) is 0 Å². The van der Waals surface area contributed by atoms with Crippen LogP contribution in [0.3, 0.4) is 0 Å². The number of aldehydes is 1. The average Bonchev–Trinajstić information content (AvgIpc) is 2.14. The maximum Gasteiger partial charge on any atom is 0.157 e. The lowest BCUT2D eigenvalue weighted by molar-refractivity contribution is -0.107. The maximum absolute atomic E-state index is 11.1. The Morgan fingerprint density at radius 3 is 2.64 bits per heavy atom. The number of rotatable bonds is 4. The van der Waals surface area contributed by atoms with E-state index in [4.69, 9.17) is 0 Å². The van der Waals surface area contributed by atoms with Gasteiger partial charge in [-0.2, -0.15) is 0 Å². The SMILES string of the molecule is CS(=O)(=O)C(C=O)Cc1ccccn1. The predicted molar refractivity (Wildman–Crippen MR) is 52.6 cm³/mol. The number of aromatic nitrogens is 1. The molecule has 1 rings (SSSR count). The Morgan fingerprint density at radius 2 is 2.21 bits per heavy atom.